The standard InChI is InChI=1S/C17H22N2O4/c1-11(13-5-6-15-16(10-13)23-9-8-22-15)18-17(21)14-4-3-7-19(14)12(2)20/h5-6,10-11,14H,3-4,7-9H2,1-2H3,(H,18,21)/t11?,14-/m1/s1. The number of rotatable bonds is 3. The second-order valence-electron chi connectivity index (χ2n) is 6.00. The van der Waals surface area contributed by atoms with E-state index in [0.717, 1.165) is 24.2 Å². The quantitative estimate of drug-likeness (QED) is 0.920. The van der Waals surface area contributed by atoms with Crippen LogP contribution >= 0.6 is 0 Å². The van der Waals surface area contributed by atoms with Gasteiger partial charge in [-0.05, 0) is 37.5 Å². The molecule has 0 spiro atoms. The normalized spacial score (nSPS) is 21.0. The molecular formula is C17H22N2O4. The van der Waals surface area contributed by atoms with Crippen molar-refractivity contribution in [3.8, 4) is 11.5 Å². The molecule has 3 rings (SSSR count). The van der Waals surface area contributed by atoms with Crippen LogP contribution in [-0.4, -0.2) is 42.5 Å². The number of nitrogens with one attached hydrogen (secondary N) is 1. The predicted octanol–water partition coefficient (Wildman–Crippen LogP) is 1.65. The molecule has 1 aromatic carbocycles. The number of fused-ring (bicyclic) bond motifs is 1. The van der Waals surface area contributed by atoms with Crippen LogP contribution in [-0.2, 0) is 9.59 Å². The zero-order valence-corrected chi connectivity index (χ0v) is 13.5. The van der Waals surface area contributed by atoms with Gasteiger partial charge in [0.25, 0.3) is 0 Å². The first kappa shape index (κ1) is 15.6. The molecule has 1 aromatic rings. The molecule has 1 unspecified atom stereocenters. The third kappa shape index (κ3) is 3.25. The maximum absolute atomic E-state index is 12.5. The summed E-state index contributed by atoms with van der Waals surface area (Å²) in [6.45, 7) is 5.19. The number of amides is 2. The van der Waals surface area contributed by atoms with Crippen LogP contribution in [0.4, 0.5) is 0 Å². The fourth-order valence-electron chi connectivity index (χ4n) is 3.14. The van der Waals surface area contributed by atoms with Gasteiger partial charge in [0.2, 0.25) is 11.8 Å². The van der Waals surface area contributed by atoms with E-state index in [4.69, 9.17) is 9.47 Å². The maximum atomic E-state index is 12.5. The van der Waals surface area contributed by atoms with Crippen LogP contribution in [0.3, 0.4) is 0 Å². The van der Waals surface area contributed by atoms with Crippen molar-refractivity contribution in [2.75, 3.05) is 19.8 Å². The average Bonchev–Trinajstić information content (AvgIpc) is 3.04. The van der Waals surface area contributed by atoms with E-state index in [0.29, 0.717) is 25.5 Å². The largest absolute Gasteiger partial charge is 0.486 e. The minimum Gasteiger partial charge on any atom is -0.486 e. The van der Waals surface area contributed by atoms with Crippen LogP contribution in [0.2, 0.25) is 0 Å². The minimum absolute atomic E-state index is 0.0466. The van der Waals surface area contributed by atoms with Crippen LogP contribution < -0.4 is 14.8 Å². The number of carbonyl (C=O) groups excluding carboxylic acids is 2. The maximum Gasteiger partial charge on any atom is 0.243 e. The first-order chi connectivity index (χ1) is 11.1. The number of ether oxygens (including phenoxy) is 2. The smallest absolute Gasteiger partial charge is 0.243 e. The molecule has 2 atom stereocenters. The van der Waals surface area contributed by atoms with Gasteiger partial charge < -0.3 is 19.7 Å². The van der Waals surface area contributed by atoms with Crippen molar-refractivity contribution in [1.29, 1.82) is 0 Å². The zero-order valence-electron chi connectivity index (χ0n) is 13.5. The molecule has 1 fully saturated rings. The lowest BCUT2D eigenvalue weighted by atomic mass is 10.1. The fourth-order valence-corrected chi connectivity index (χ4v) is 3.14. The fraction of sp³-hybridized carbons (Fsp3) is 0.529. The summed E-state index contributed by atoms with van der Waals surface area (Å²) in [5.74, 6) is 1.30. The van der Waals surface area contributed by atoms with Crippen LogP contribution in [0.1, 0.15) is 38.3 Å². The van der Waals surface area contributed by atoms with E-state index in [2.05, 4.69) is 5.32 Å². The van der Waals surface area contributed by atoms with Crippen molar-refractivity contribution in [2.24, 2.45) is 0 Å². The van der Waals surface area contributed by atoms with Crippen LogP contribution in [0.25, 0.3) is 0 Å². The Balaban J connectivity index is 1.68. The number of hydrogen-bond acceptors (Lipinski definition) is 4. The van der Waals surface area contributed by atoms with Gasteiger partial charge in [0.05, 0.1) is 6.04 Å². The van der Waals surface area contributed by atoms with Gasteiger partial charge in [-0.25, -0.2) is 0 Å². The lowest BCUT2D eigenvalue weighted by Crippen LogP contribution is -2.45. The Bertz CT molecular complexity index is 617. The molecule has 6 nitrogen and oxygen atoms in total. The highest BCUT2D eigenvalue weighted by Gasteiger charge is 2.33. The summed E-state index contributed by atoms with van der Waals surface area (Å²) in [5.41, 5.74) is 0.954. The Labute approximate surface area is 135 Å². The van der Waals surface area contributed by atoms with Crippen molar-refractivity contribution in [3.05, 3.63) is 23.8 Å². The number of hydrogen-bond donors (Lipinski definition) is 1. The average molecular weight is 318 g/mol. The zero-order chi connectivity index (χ0) is 16.4. The Morgan fingerprint density at radius 3 is 2.74 bits per heavy atom. The molecule has 124 valence electrons. The number of carbonyl (C=O) groups is 2. The van der Waals surface area contributed by atoms with E-state index < -0.39 is 0 Å². The lowest BCUT2D eigenvalue weighted by molar-refractivity contribution is -0.137. The van der Waals surface area contributed by atoms with Gasteiger partial charge in [0, 0.05) is 13.5 Å². The summed E-state index contributed by atoms with van der Waals surface area (Å²) in [7, 11) is 0. The highest BCUT2D eigenvalue weighted by molar-refractivity contribution is 5.87. The predicted molar refractivity (Wildman–Crippen MR) is 84.4 cm³/mol. The molecule has 0 radical (unpaired) electrons. The highest BCUT2D eigenvalue weighted by Crippen LogP contribution is 2.32. The Kier molecular flexibility index (Phi) is 4.41. The van der Waals surface area contributed by atoms with Gasteiger partial charge in [0.15, 0.2) is 11.5 Å². The Morgan fingerprint density at radius 2 is 2.00 bits per heavy atom. The molecule has 2 aliphatic rings. The Hall–Kier alpha value is -2.24. The van der Waals surface area contributed by atoms with E-state index in [-0.39, 0.29) is 23.9 Å². The van der Waals surface area contributed by atoms with E-state index >= 15 is 0 Å². The van der Waals surface area contributed by atoms with Crippen molar-refractivity contribution in [2.45, 2.75) is 38.8 Å². The summed E-state index contributed by atoms with van der Waals surface area (Å²) in [6.07, 6.45) is 1.59. The third-order valence-corrected chi connectivity index (χ3v) is 4.38. The molecule has 2 aliphatic heterocycles. The van der Waals surface area contributed by atoms with Crippen LogP contribution in [0, 0.1) is 0 Å². The SMILES string of the molecule is CC(=O)N1CCC[C@@H]1C(=O)NC(C)c1ccc2c(c1)OCCO2. The second-order valence-corrected chi connectivity index (χ2v) is 6.00. The van der Waals surface area contributed by atoms with Gasteiger partial charge in [-0.1, -0.05) is 6.07 Å². The lowest BCUT2D eigenvalue weighted by Gasteiger charge is -2.25. The molecule has 2 heterocycles. The first-order valence-electron chi connectivity index (χ1n) is 8.03. The molecule has 1 saturated heterocycles. The molecule has 0 saturated carbocycles. The van der Waals surface area contributed by atoms with E-state index in [1.54, 1.807) is 4.90 Å². The molecule has 0 aromatic heterocycles. The van der Waals surface area contributed by atoms with Crippen molar-refractivity contribution < 1.29 is 19.1 Å². The van der Waals surface area contributed by atoms with Gasteiger partial charge in [-0.2, -0.15) is 0 Å². The number of benzene rings is 1. The summed E-state index contributed by atoms with van der Waals surface area (Å²) < 4.78 is 11.1. The van der Waals surface area contributed by atoms with Crippen LogP contribution in [0.5, 0.6) is 11.5 Å². The molecule has 1 N–H and O–H groups in total. The summed E-state index contributed by atoms with van der Waals surface area (Å²) >= 11 is 0. The van der Waals surface area contributed by atoms with Gasteiger partial charge >= 0.3 is 0 Å². The topological polar surface area (TPSA) is 67.9 Å². The number of likely N-dealkylation sites (tertiary alicyclic amines) is 1. The second kappa shape index (κ2) is 6.48. The molecule has 23 heavy (non-hydrogen) atoms. The summed E-state index contributed by atoms with van der Waals surface area (Å²) in [5, 5.41) is 3.00. The van der Waals surface area contributed by atoms with Crippen molar-refractivity contribution in [3.63, 3.8) is 0 Å². The van der Waals surface area contributed by atoms with Crippen LogP contribution in [0.15, 0.2) is 18.2 Å². The van der Waals surface area contributed by atoms with Crippen molar-refractivity contribution in [1.82, 2.24) is 10.2 Å². The Morgan fingerprint density at radius 1 is 1.26 bits per heavy atom. The molecular weight excluding hydrogens is 296 g/mol. The molecule has 0 aliphatic carbocycles. The van der Waals surface area contributed by atoms with E-state index in [9.17, 15) is 9.59 Å². The highest BCUT2D eigenvalue weighted by atomic mass is 16.6. The summed E-state index contributed by atoms with van der Waals surface area (Å²) in [6, 6.07) is 5.18. The molecule has 6 heteroatoms. The minimum atomic E-state index is -0.354. The van der Waals surface area contributed by atoms with E-state index in [1.807, 2.05) is 25.1 Å². The van der Waals surface area contributed by atoms with E-state index in [1.165, 1.54) is 6.92 Å². The van der Waals surface area contributed by atoms with Gasteiger partial charge in [-0.3, -0.25) is 9.59 Å². The first-order valence-corrected chi connectivity index (χ1v) is 8.03. The molecule has 2 amide bonds. The monoisotopic (exact) mass is 318 g/mol. The van der Waals surface area contributed by atoms with Gasteiger partial charge in [0.1, 0.15) is 19.3 Å². The van der Waals surface area contributed by atoms with Crippen molar-refractivity contribution >= 4 is 11.8 Å². The summed E-state index contributed by atoms with van der Waals surface area (Å²) in [4.78, 5) is 25.7. The third-order valence-electron chi connectivity index (χ3n) is 4.38. The number of nitrogens with zero attached hydrogens (tertiary/aromatic N) is 1. The van der Waals surface area contributed by atoms with Gasteiger partial charge in [-0.15, -0.1) is 0 Å². The molecule has 0 bridgehead atoms.